The SMILES string of the molecule is CC(C)Oc1ccc(C(=O)Nc2ccc(Cl)c(Cl)c2)cc1. The Morgan fingerprint density at radius 3 is 2.29 bits per heavy atom. The van der Waals surface area contributed by atoms with Crippen LogP contribution in [0.25, 0.3) is 0 Å². The molecule has 2 aromatic carbocycles. The van der Waals surface area contributed by atoms with Crippen molar-refractivity contribution in [2.24, 2.45) is 0 Å². The molecule has 0 bridgehead atoms. The van der Waals surface area contributed by atoms with E-state index in [9.17, 15) is 4.79 Å². The van der Waals surface area contributed by atoms with Gasteiger partial charge in [0.25, 0.3) is 5.91 Å². The molecule has 3 nitrogen and oxygen atoms in total. The van der Waals surface area contributed by atoms with E-state index in [1.807, 2.05) is 13.8 Å². The number of hydrogen-bond donors (Lipinski definition) is 1. The predicted molar refractivity (Wildman–Crippen MR) is 86.6 cm³/mol. The van der Waals surface area contributed by atoms with Crippen LogP contribution in [0, 0.1) is 0 Å². The second kappa shape index (κ2) is 6.83. The standard InChI is InChI=1S/C16H15Cl2NO2/c1-10(2)21-13-6-3-11(4-7-13)16(20)19-12-5-8-14(17)15(18)9-12/h3-10H,1-2H3,(H,19,20). The Balaban J connectivity index is 2.07. The highest BCUT2D eigenvalue weighted by molar-refractivity contribution is 6.42. The molecule has 0 atom stereocenters. The number of benzene rings is 2. The normalized spacial score (nSPS) is 10.5. The lowest BCUT2D eigenvalue weighted by molar-refractivity contribution is 0.102. The van der Waals surface area contributed by atoms with E-state index in [1.54, 1.807) is 42.5 Å². The summed E-state index contributed by atoms with van der Waals surface area (Å²) in [5.74, 6) is 0.514. The van der Waals surface area contributed by atoms with Crippen molar-refractivity contribution in [3.63, 3.8) is 0 Å². The van der Waals surface area contributed by atoms with Crippen LogP contribution in [0.2, 0.25) is 10.0 Å². The number of nitrogens with one attached hydrogen (secondary N) is 1. The fraction of sp³-hybridized carbons (Fsp3) is 0.188. The molecular formula is C16H15Cl2NO2. The number of rotatable bonds is 4. The highest BCUT2D eigenvalue weighted by Crippen LogP contribution is 2.25. The highest BCUT2D eigenvalue weighted by Gasteiger charge is 2.08. The number of amides is 1. The molecule has 0 saturated carbocycles. The van der Waals surface area contributed by atoms with Gasteiger partial charge in [0.15, 0.2) is 0 Å². The van der Waals surface area contributed by atoms with E-state index < -0.39 is 0 Å². The Bertz CT molecular complexity index is 639. The van der Waals surface area contributed by atoms with Gasteiger partial charge in [-0.15, -0.1) is 0 Å². The lowest BCUT2D eigenvalue weighted by Gasteiger charge is -2.10. The zero-order valence-electron chi connectivity index (χ0n) is 11.7. The molecule has 2 rings (SSSR count). The average molecular weight is 324 g/mol. The van der Waals surface area contributed by atoms with E-state index in [0.29, 0.717) is 21.3 Å². The van der Waals surface area contributed by atoms with Crippen LogP contribution in [0.4, 0.5) is 5.69 Å². The van der Waals surface area contributed by atoms with Crippen LogP contribution in [-0.2, 0) is 0 Å². The van der Waals surface area contributed by atoms with Crippen LogP contribution in [0.3, 0.4) is 0 Å². The van der Waals surface area contributed by atoms with Crippen LogP contribution in [0.15, 0.2) is 42.5 Å². The van der Waals surface area contributed by atoms with Gasteiger partial charge >= 0.3 is 0 Å². The third-order valence-corrected chi connectivity index (χ3v) is 3.40. The Kier molecular flexibility index (Phi) is 5.10. The predicted octanol–water partition coefficient (Wildman–Crippen LogP) is 5.03. The Morgan fingerprint density at radius 2 is 1.71 bits per heavy atom. The molecule has 5 heteroatoms. The van der Waals surface area contributed by atoms with E-state index >= 15 is 0 Å². The van der Waals surface area contributed by atoms with Crippen LogP contribution in [0.1, 0.15) is 24.2 Å². The van der Waals surface area contributed by atoms with Gasteiger partial charge in [-0.2, -0.15) is 0 Å². The topological polar surface area (TPSA) is 38.3 Å². The van der Waals surface area contributed by atoms with Crippen LogP contribution >= 0.6 is 23.2 Å². The third kappa shape index (κ3) is 4.38. The molecule has 0 aliphatic carbocycles. The number of carbonyl (C=O) groups excluding carboxylic acids is 1. The van der Waals surface area contributed by atoms with Gasteiger partial charge in [-0.3, -0.25) is 4.79 Å². The summed E-state index contributed by atoms with van der Waals surface area (Å²) in [5, 5.41) is 3.61. The summed E-state index contributed by atoms with van der Waals surface area (Å²) in [4.78, 5) is 12.1. The molecule has 1 N–H and O–H groups in total. The van der Waals surface area contributed by atoms with Crippen molar-refractivity contribution in [1.82, 2.24) is 0 Å². The molecule has 0 heterocycles. The first-order valence-corrected chi connectivity index (χ1v) is 7.24. The largest absolute Gasteiger partial charge is 0.491 e. The van der Waals surface area contributed by atoms with Crippen molar-refractivity contribution in [3.8, 4) is 5.75 Å². The summed E-state index contributed by atoms with van der Waals surface area (Å²) < 4.78 is 5.53. The summed E-state index contributed by atoms with van der Waals surface area (Å²) >= 11 is 11.7. The molecule has 21 heavy (non-hydrogen) atoms. The van der Waals surface area contributed by atoms with Crippen molar-refractivity contribution in [2.75, 3.05) is 5.32 Å². The quantitative estimate of drug-likeness (QED) is 0.856. The Labute approximate surface area is 133 Å². The minimum atomic E-state index is -0.218. The van der Waals surface area contributed by atoms with Crippen LogP contribution in [-0.4, -0.2) is 12.0 Å². The van der Waals surface area contributed by atoms with Crippen molar-refractivity contribution < 1.29 is 9.53 Å². The lowest BCUT2D eigenvalue weighted by atomic mass is 10.2. The molecule has 0 aliphatic heterocycles. The Morgan fingerprint density at radius 1 is 1.05 bits per heavy atom. The van der Waals surface area contributed by atoms with E-state index in [2.05, 4.69) is 5.32 Å². The average Bonchev–Trinajstić information content (AvgIpc) is 2.43. The summed E-state index contributed by atoms with van der Waals surface area (Å²) in [6, 6.07) is 11.9. The van der Waals surface area contributed by atoms with Gasteiger partial charge in [0.2, 0.25) is 0 Å². The van der Waals surface area contributed by atoms with E-state index in [-0.39, 0.29) is 12.0 Å². The fourth-order valence-electron chi connectivity index (χ4n) is 1.73. The van der Waals surface area contributed by atoms with Crippen molar-refractivity contribution >= 4 is 34.8 Å². The van der Waals surface area contributed by atoms with Gasteiger partial charge < -0.3 is 10.1 Å². The van der Waals surface area contributed by atoms with Gasteiger partial charge in [0.05, 0.1) is 16.1 Å². The smallest absolute Gasteiger partial charge is 0.255 e. The highest BCUT2D eigenvalue weighted by atomic mass is 35.5. The van der Waals surface area contributed by atoms with Crippen molar-refractivity contribution in [3.05, 3.63) is 58.1 Å². The second-order valence-electron chi connectivity index (χ2n) is 4.77. The summed E-state index contributed by atoms with van der Waals surface area (Å²) in [5.41, 5.74) is 1.13. The second-order valence-corrected chi connectivity index (χ2v) is 5.59. The molecule has 0 aliphatic rings. The molecule has 0 spiro atoms. The third-order valence-electron chi connectivity index (χ3n) is 2.67. The molecule has 2 aromatic rings. The van der Waals surface area contributed by atoms with E-state index in [4.69, 9.17) is 27.9 Å². The minimum Gasteiger partial charge on any atom is -0.491 e. The van der Waals surface area contributed by atoms with Gasteiger partial charge in [-0.05, 0) is 56.3 Å². The maximum absolute atomic E-state index is 12.1. The monoisotopic (exact) mass is 323 g/mol. The molecule has 110 valence electrons. The minimum absolute atomic E-state index is 0.0980. The molecule has 0 radical (unpaired) electrons. The van der Waals surface area contributed by atoms with Gasteiger partial charge in [-0.25, -0.2) is 0 Å². The number of carbonyl (C=O) groups is 1. The summed E-state index contributed by atoms with van der Waals surface area (Å²) in [6.45, 7) is 3.90. The molecule has 0 fully saturated rings. The fourth-order valence-corrected chi connectivity index (χ4v) is 2.03. The van der Waals surface area contributed by atoms with Gasteiger partial charge in [0, 0.05) is 11.3 Å². The van der Waals surface area contributed by atoms with E-state index in [0.717, 1.165) is 5.75 Å². The summed E-state index contributed by atoms with van der Waals surface area (Å²) in [6.07, 6.45) is 0.0980. The van der Waals surface area contributed by atoms with Crippen molar-refractivity contribution in [2.45, 2.75) is 20.0 Å². The van der Waals surface area contributed by atoms with Gasteiger partial charge in [0.1, 0.15) is 5.75 Å². The number of ether oxygens (including phenoxy) is 1. The number of anilines is 1. The van der Waals surface area contributed by atoms with Gasteiger partial charge in [-0.1, -0.05) is 23.2 Å². The van der Waals surface area contributed by atoms with Crippen molar-refractivity contribution in [1.29, 1.82) is 0 Å². The summed E-state index contributed by atoms with van der Waals surface area (Å²) in [7, 11) is 0. The maximum atomic E-state index is 12.1. The first-order valence-electron chi connectivity index (χ1n) is 6.49. The number of halogens is 2. The zero-order valence-corrected chi connectivity index (χ0v) is 13.2. The first kappa shape index (κ1) is 15.7. The Hall–Kier alpha value is -1.71. The zero-order chi connectivity index (χ0) is 15.4. The van der Waals surface area contributed by atoms with Crippen LogP contribution < -0.4 is 10.1 Å². The van der Waals surface area contributed by atoms with Crippen LogP contribution in [0.5, 0.6) is 5.75 Å². The molecular weight excluding hydrogens is 309 g/mol. The molecule has 0 aromatic heterocycles. The molecule has 0 saturated heterocycles. The molecule has 1 amide bonds. The lowest BCUT2D eigenvalue weighted by Crippen LogP contribution is -2.12. The first-order chi connectivity index (χ1) is 9.95. The number of hydrogen-bond acceptors (Lipinski definition) is 2. The molecule has 0 unspecified atom stereocenters. The van der Waals surface area contributed by atoms with E-state index in [1.165, 1.54) is 0 Å². The maximum Gasteiger partial charge on any atom is 0.255 e.